The molecule has 1 amide bonds. The van der Waals surface area contributed by atoms with Crippen molar-refractivity contribution in [1.29, 1.82) is 0 Å². The SMILES string of the molecule is CCN(Cc1cccc(N)c1)C(=O)C(F)(F)C(F)(F)F. The van der Waals surface area contributed by atoms with Crippen LogP contribution in [-0.4, -0.2) is 29.5 Å². The minimum atomic E-state index is -5.91. The van der Waals surface area contributed by atoms with Gasteiger partial charge in [-0.2, -0.15) is 22.0 Å². The maximum absolute atomic E-state index is 13.0. The minimum absolute atomic E-state index is 0.278. The van der Waals surface area contributed by atoms with Crippen molar-refractivity contribution in [3.8, 4) is 0 Å². The zero-order valence-electron chi connectivity index (χ0n) is 10.5. The lowest BCUT2D eigenvalue weighted by Gasteiger charge is -2.27. The Kier molecular flexibility index (Phi) is 4.57. The Labute approximate surface area is 112 Å². The number of amides is 1. The predicted molar refractivity (Wildman–Crippen MR) is 62.9 cm³/mol. The zero-order chi connectivity index (χ0) is 15.6. The van der Waals surface area contributed by atoms with E-state index < -0.39 is 18.0 Å². The van der Waals surface area contributed by atoms with Gasteiger partial charge in [-0.15, -0.1) is 0 Å². The van der Waals surface area contributed by atoms with Crippen molar-refractivity contribution in [3.63, 3.8) is 0 Å². The van der Waals surface area contributed by atoms with Crippen LogP contribution in [0.25, 0.3) is 0 Å². The molecule has 0 aliphatic carbocycles. The Morgan fingerprint density at radius 2 is 1.85 bits per heavy atom. The number of halogens is 5. The standard InChI is InChI=1S/C12H13F5N2O/c1-2-19(7-8-4-3-5-9(18)6-8)10(20)11(13,14)12(15,16)17/h3-6H,2,7,18H2,1H3. The summed E-state index contributed by atoms with van der Waals surface area (Å²) >= 11 is 0. The van der Waals surface area contributed by atoms with Crippen LogP contribution in [0, 0.1) is 0 Å². The molecule has 0 heterocycles. The average molecular weight is 296 g/mol. The number of carbonyl (C=O) groups is 1. The molecule has 0 aliphatic rings. The maximum atomic E-state index is 13.0. The van der Waals surface area contributed by atoms with Gasteiger partial charge in [0.15, 0.2) is 0 Å². The fraction of sp³-hybridized carbons (Fsp3) is 0.417. The molecule has 0 spiro atoms. The molecule has 2 N–H and O–H groups in total. The van der Waals surface area contributed by atoms with Crippen LogP contribution in [0.15, 0.2) is 24.3 Å². The van der Waals surface area contributed by atoms with Crippen LogP contribution in [0.4, 0.5) is 27.6 Å². The number of benzene rings is 1. The molecular formula is C12H13F5N2O. The lowest BCUT2D eigenvalue weighted by molar-refractivity contribution is -0.274. The third-order valence-corrected chi connectivity index (χ3v) is 2.62. The normalized spacial score (nSPS) is 12.3. The van der Waals surface area contributed by atoms with E-state index in [0.29, 0.717) is 16.2 Å². The van der Waals surface area contributed by atoms with Crippen molar-refractivity contribution in [2.24, 2.45) is 0 Å². The Morgan fingerprint density at radius 1 is 1.25 bits per heavy atom. The third-order valence-electron chi connectivity index (χ3n) is 2.62. The van der Waals surface area contributed by atoms with Crippen LogP contribution in [-0.2, 0) is 11.3 Å². The van der Waals surface area contributed by atoms with Gasteiger partial charge < -0.3 is 10.6 Å². The highest BCUT2D eigenvalue weighted by Crippen LogP contribution is 2.37. The molecule has 1 rings (SSSR count). The summed E-state index contributed by atoms with van der Waals surface area (Å²) in [5, 5.41) is 0. The lowest BCUT2D eigenvalue weighted by Crippen LogP contribution is -2.51. The minimum Gasteiger partial charge on any atom is -0.399 e. The summed E-state index contributed by atoms with van der Waals surface area (Å²) in [6.07, 6.45) is -5.91. The molecule has 3 nitrogen and oxygen atoms in total. The number of rotatable bonds is 4. The summed E-state index contributed by atoms with van der Waals surface area (Å²) in [7, 11) is 0. The summed E-state index contributed by atoms with van der Waals surface area (Å²) in [6, 6.07) is 5.94. The fourth-order valence-electron chi connectivity index (χ4n) is 1.56. The Morgan fingerprint density at radius 3 is 2.30 bits per heavy atom. The van der Waals surface area contributed by atoms with Gasteiger partial charge >= 0.3 is 18.0 Å². The van der Waals surface area contributed by atoms with Crippen LogP contribution in [0.2, 0.25) is 0 Å². The van der Waals surface area contributed by atoms with Crippen molar-refractivity contribution in [2.75, 3.05) is 12.3 Å². The summed E-state index contributed by atoms with van der Waals surface area (Å²) < 4.78 is 62.5. The van der Waals surface area contributed by atoms with E-state index in [-0.39, 0.29) is 13.1 Å². The van der Waals surface area contributed by atoms with Gasteiger partial charge in [0.2, 0.25) is 0 Å². The van der Waals surface area contributed by atoms with E-state index in [1.807, 2.05) is 0 Å². The van der Waals surface area contributed by atoms with Gasteiger partial charge in [-0.25, -0.2) is 0 Å². The van der Waals surface area contributed by atoms with Gasteiger partial charge in [0.05, 0.1) is 0 Å². The van der Waals surface area contributed by atoms with Gasteiger partial charge in [0.1, 0.15) is 0 Å². The molecule has 0 radical (unpaired) electrons. The van der Waals surface area contributed by atoms with E-state index in [1.165, 1.54) is 31.2 Å². The van der Waals surface area contributed by atoms with Gasteiger partial charge in [-0.1, -0.05) is 12.1 Å². The summed E-state index contributed by atoms with van der Waals surface area (Å²) in [5.41, 5.74) is 6.18. The van der Waals surface area contributed by atoms with E-state index in [0.717, 1.165) is 0 Å². The number of nitrogen functional groups attached to an aromatic ring is 1. The molecule has 8 heteroatoms. The first kappa shape index (κ1) is 16.2. The van der Waals surface area contributed by atoms with Crippen molar-refractivity contribution in [3.05, 3.63) is 29.8 Å². The number of hydrogen-bond donors (Lipinski definition) is 1. The quantitative estimate of drug-likeness (QED) is 0.686. The first-order chi connectivity index (χ1) is 9.09. The van der Waals surface area contributed by atoms with Crippen molar-refractivity contribution in [2.45, 2.75) is 25.6 Å². The van der Waals surface area contributed by atoms with E-state index in [9.17, 15) is 26.7 Å². The Bertz CT molecular complexity index is 487. The monoisotopic (exact) mass is 296 g/mol. The van der Waals surface area contributed by atoms with Crippen LogP contribution < -0.4 is 5.73 Å². The highest BCUT2D eigenvalue weighted by molar-refractivity contribution is 5.84. The number of anilines is 1. The van der Waals surface area contributed by atoms with Crippen LogP contribution in [0.5, 0.6) is 0 Å². The van der Waals surface area contributed by atoms with Gasteiger partial charge in [-0.05, 0) is 24.6 Å². The molecule has 0 fully saturated rings. The highest BCUT2D eigenvalue weighted by Gasteiger charge is 2.64. The van der Waals surface area contributed by atoms with E-state index in [4.69, 9.17) is 5.73 Å². The van der Waals surface area contributed by atoms with Crippen molar-refractivity contribution >= 4 is 11.6 Å². The average Bonchev–Trinajstić information content (AvgIpc) is 2.33. The largest absolute Gasteiger partial charge is 0.463 e. The molecule has 0 unspecified atom stereocenters. The van der Waals surface area contributed by atoms with Crippen LogP contribution in [0.1, 0.15) is 12.5 Å². The van der Waals surface area contributed by atoms with E-state index in [2.05, 4.69) is 0 Å². The predicted octanol–water partition coefficient (Wildman–Crippen LogP) is 2.81. The first-order valence-corrected chi connectivity index (χ1v) is 5.68. The summed E-state index contributed by atoms with van der Waals surface area (Å²) in [4.78, 5) is 11.8. The van der Waals surface area contributed by atoms with Gasteiger partial charge in [0, 0.05) is 18.8 Å². The molecule has 0 saturated heterocycles. The molecule has 0 aromatic heterocycles. The second-order valence-corrected chi connectivity index (χ2v) is 4.14. The fourth-order valence-corrected chi connectivity index (χ4v) is 1.56. The number of nitrogens with zero attached hydrogens (tertiary/aromatic N) is 1. The maximum Gasteiger partial charge on any atom is 0.463 e. The third kappa shape index (κ3) is 3.37. The van der Waals surface area contributed by atoms with Crippen molar-refractivity contribution < 1.29 is 26.7 Å². The highest BCUT2D eigenvalue weighted by atomic mass is 19.4. The molecule has 0 bridgehead atoms. The molecular weight excluding hydrogens is 283 g/mol. The Balaban J connectivity index is 2.94. The lowest BCUT2D eigenvalue weighted by atomic mass is 10.1. The Hall–Kier alpha value is -1.86. The van der Waals surface area contributed by atoms with Crippen LogP contribution >= 0.6 is 0 Å². The topological polar surface area (TPSA) is 46.3 Å². The second-order valence-electron chi connectivity index (χ2n) is 4.14. The van der Waals surface area contributed by atoms with Crippen molar-refractivity contribution in [1.82, 2.24) is 4.90 Å². The molecule has 20 heavy (non-hydrogen) atoms. The molecule has 0 atom stereocenters. The number of alkyl halides is 5. The number of nitrogens with two attached hydrogens (primary N) is 1. The molecule has 0 saturated carbocycles. The van der Waals surface area contributed by atoms with Gasteiger partial charge in [-0.3, -0.25) is 4.79 Å². The zero-order valence-corrected chi connectivity index (χ0v) is 10.5. The smallest absolute Gasteiger partial charge is 0.399 e. The second kappa shape index (κ2) is 5.64. The molecule has 1 aromatic carbocycles. The first-order valence-electron chi connectivity index (χ1n) is 5.68. The molecule has 1 aromatic rings. The number of carbonyl (C=O) groups excluding carboxylic acids is 1. The molecule has 0 aliphatic heterocycles. The van der Waals surface area contributed by atoms with Gasteiger partial charge in [0.25, 0.3) is 0 Å². The van der Waals surface area contributed by atoms with E-state index >= 15 is 0 Å². The van der Waals surface area contributed by atoms with E-state index in [1.54, 1.807) is 0 Å². The molecule has 112 valence electrons. The number of hydrogen-bond acceptors (Lipinski definition) is 2. The van der Waals surface area contributed by atoms with Crippen LogP contribution in [0.3, 0.4) is 0 Å². The summed E-state index contributed by atoms with van der Waals surface area (Å²) in [6.45, 7) is 0.669. The summed E-state index contributed by atoms with van der Waals surface area (Å²) in [5.74, 6) is -7.67.